The predicted molar refractivity (Wildman–Crippen MR) is 104 cm³/mol. The van der Waals surface area contributed by atoms with E-state index in [1.807, 2.05) is 18.2 Å². The lowest BCUT2D eigenvalue weighted by molar-refractivity contribution is 0.0611. The van der Waals surface area contributed by atoms with Gasteiger partial charge in [0.2, 0.25) is 0 Å². The summed E-state index contributed by atoms with van der Waals surface area (Å²) in [5, 5.41) is 10.2. The molecule has 0 radical (unpaired) electrons. The van der Waals surface area contributed by atoms with E-state index in [0.29, 0.717) is 24.4 Å². The lowest BCUT2D eigenvalue weighted by Gasteiger charge is -2.43. The van der Waals surface area contributed by atoms with Crippen LogP contribution in [-0.4, -0.2) is 40.2 Å². The van der Waals surface area contributed by atoms with Gasteiger partial charge in [-0.2, -0.15) is 5.26 Å². The van der Waals surface area contributed by atoms with E-state index in [1.54, 1.807) is 6.33 Å². The summed E-state index contributed by atoms with van der Waals surface area (Å²) in [7, 11) is 0. The van der Waals surface area contributed by atoms with Gasteiger partial charge in [0.05, 0.1) is 22.8 Å². The molecule has 1 saturated heterocycles. The van der Waals surface area contributed by atoms with Gasteiger partial charge in [0.1, 0.15) is 12.5 Å². The van der Waals surface area contributed by atoms with Crippen LogP contribution in [0.2, 0.25) is 0 Å². The largest absolute Gasteiger partial charge is 0.300 e. The first-order valence-corrected chi connectivity index (χ1v) is 10.1. The van der Waals surface area contributed by atoms with Crippen molar-refractivity contribution < 1.29 is 4.39 Å². The van der Waals surface area contributed by atoms with Crippen LogP contribution >= 0.6 is 0 Å². The van der Waals surface area contributed by atoms with Gasteiger partial charge >= 0.3 is 0 Å². The van der Waals surface area contributed by atoms with Crippen LogP contribution in [0.25, 0.3) is 10.9 Å². The van der Waals surface area contributed by atoms with Gasteiger partial charge in [-0.3, -0.25) is 0 Å². The van der Waals surface area contributed by atoms with Crippen molar-refractivity contribution in [1.82, 2.24) is 14.9 Å². The van der Waals surface area contributed by atoms with Crippen LogP contribution in [-0.2, 0) is 6.42 Å². The number of aromatic nitrogens is 2. The molecule has 5 heteroatoms. The second-order valence-corrected chi connectivity index (χ2v) is 8.59. The average molecular weight is 366 g/mol. The molecule has 4 nitrogen and oxygen atoms in total. The first-order valence-electron chi connectivity index (χ1n) is 10.1. The molecule has 0 spiro atoms. The molecule has 2 aromatic rings. The molecule has 0 bridgehead atoms. The zero-order valence-electron chi connectivity index (χ0n) is 16.0. The Kier molecular flexibility index (Phi) is 5.10. The average Bonchev–Trinajstić information content (AvgIpc) is 2.69. The quantitative estimate of drug-likeness (QED) is 0.806. The lowest BCUT2D eigenvalue weighted by atomic mass is 9.70. The van der Waals surface area contributed by atoms with E-state index in [-0.39, 0.29) is 5.41 Å². The Bertz CT molecular complexity index is 843. The number of nitrogens with zero attached hydrogens (tertiary/aromatic N) is 4. The number of hydrogen-bond acceptors (Lipinski definition) is 4. The Labute approximate surface area is 160 Å². The van der Waals surface area contributed by atoms with Crippen LogP contribution in [0.5, 0.6) is 0 Å². The first kappa shape index (κ1) is 18.3. The van der Waals surface area contributed by atoms with Crippen molar-refractivity contribution in [1.29, 1.82) is 5.26 Å². The highest BCUT2D eigenvalue weighted by atomic mass is 19.1. The summed E-state index contributed by atoms with van der Waals surface area (Å²) < 4.78 is 13.4. The molecule has 2 fully saturated rings. The Morgan fingerprint density at radius 1 is 1.19 bits per heavy atom. The number of benzene rings is 1. The predicted octanol–water partition coefficient (Wildman–Crippen LogP) is 4.43. The van der Waals surface area contributed by atoms with Gasteiger partial charge in [-0.15, -0.1) is 0 Å². The SMILES string of the molecule is CC1(Cc2ncnc3ccc(C#N)cc23)CCC(N2CCC(F)CC2)CC1. The number of alkyl halides is 1. The van der Waals surface area contributed by atoms with E-state index in [1.165, 1.54) is 12.8 Å². The number of rotatable bonds is 3. The standard InChI is InChI=1S/C22H27FN4/c1-22(8-4-18(5-9-22)27-10-6-17(23)7-11-27)13-21-19-12-16(14-24)2-3-20(19)25-15-26-21/h2-3,12,15,17-18H,4-11,13H2,1H3. The molecule has 1 aliphatic carbocycles. The third-order valence-electron chi connectivity index (χ3n) is 6.58. The summed E-state index contributed by atoms with van der Waals surface area (Å²) in [4.78, 5) is 11.4. The zero-order valence-corrected chi connectivity index (χ0v) is 16.0. The van der Waals surface area contributed by atoms with Gasteiger partial charge < -0.3 is 4.90 Å². The highest BCUT2D eigenvalue weighted by Gasteiger charge is 2.35. The molecule has 1 aromatic heterocycles. The molecule has 2 heterocycles. The molecule has 27 heavy (non-hydrogen) atoms. The second kappa shape index (κ2) is 7.52. The summed E-state index contributed by atoms with van der Waals surface area (Å²) in [5.74, 6) is 0. The van der Waals surface area contributed by atoms with Crippen LogP contribution in [0.15, 0.2) is 24.5 Å². The van der Waals surface area contributed by atoms with Crippen molar-refractivity contribution in [2.45, 2.75) is 64.1 Å². The Morgan fingerprint density at radius 2 is 1.93 bits per heavy atom. The van der Waals surface area contributed by atoms with Crippen molar-refractivity contribution in [2.24, 2.45) is 5.41 Å². The van der Waals surface area contributed by atoms with Crippen LogP contribution in [0.3, 0.4) is 0 Å². The van der Waals surface area contributed by atoms with E-state index >= 15 is 0 Å². The Hall–Kier alpha value is -2.06. The highest BCUT2D eigenvalue weighted by Crippen LogP contribution is 2.41. The van der Waals surface area contributed by atoms with Gasteiger partial charge in [0.25, 0.3) is 0 Å². The Balaban J connectivity index is 1.46. The van der Waals surface area contributed by atoms with E-state index in [2.05, 4.69) is 27.9 Å². The van der Waals surface area contributed by atoms with E-state index in [4.69, 9.17) is 0 Å². The molecule has 0 unspecified atom stereocenters. The number of halogens is 1. The maximum atomic E-state index is 13.4. The zero-order chi connectivity index (χ0) is 18.9. The van der Waals surface area contributed by atoms with Gasteiger partial charge in [0, 0.05) is 24.5 Å². The first-order chi connectivity index (χ1) is 13.1. The molecule has 0 N–H and O–H groups in total. The summed E-state index contributed by atoms with van der Waals surface area (Å²) in [6.45, 7) is 4.19. The van der Waals surface area contributed by atoms with E-state index < -0.39 is 6.17 Å². The minimum atomic E-state index is -0.598. The molecule has 142 valence electrons. The van der Waals surface area contributed by atoms with Crippen molar-refractivity contribution >= 4 is 10.9 Å². The summed E-state index contributed by atoms with van der Waals surface area (Å²) >= 11 is 0. The van der Waals surface area contributed by atoms with Gasteiger partial charge in [-0.05, 0) is 68.6 Å². The minimum absolute atomic E-state index is 0.221. The Morgan fingerprint density at radius 3 is 2.63 bits per heavy atom. The topological polar surface area (TPSA) is 52.8 Å². The summed E-state index contributed by atoms with van der Waals surface area (Å²) in [5.41, 5.74) is 2.84. The van der Waals surface area contributed by atoms with Crippen LogP contribution in [0, 0.1) is 16.7 Å². The third kappa shape index (κ3) is 3.96. The number of hydrogen-bond donors (Lipinski definition) is 0. The van der Waals surface area contributed by atoms with E-state index in [9.17, 15) is 9.65 Å². The second-order valence-electron chi connectivity index (χ2n) is 8.59. The van der Waals surface area contributed by atoms with E-state index in [0.717, 1.165) is 48.9 Å². The minimum Gasteiger partial charge on any atom is -0.300 e. The molecule has 0 amide bonds. The third-order valence-corrected chi connectivity index (χ3v) is 6.58. The van der Waals surface area contributed by atoms with Crippen LogP contribution < -0.4 is 0 Å². The number of fused-ring (bicyclic) bond motifs is 1. The van der Waals surface area contributed by atoms with Crippen molar-refractivity contribution in [3.05, 3.63) is 35.8 Å². The lowest BCUT2D eigenvalue weighted by Crippen LogP contribution is -2.45. The molecule has 2 aliphatic rings. The van der Waals surface area contributed by atoms with Gasteiger partial charge in [-0.1, -0.05) is 6.92 Å². The fourth-order valence-corrected chi connectivity index (χ4v) is 4.80. The smallest absolute Gasteiger partial charge is 0.116 e. The molecular weight excluding hydrogens is 339 g/mol. The van der Waals surface area contributed by atoms with Crippen molar-refractivity contribution in [3.8, 4) is 6.07 Å². The summed E-state index contributed by atoms with van der Waals surface area (Å²) in [6.07, 6.45) is 8.04. The summed E-state index contributed by atoms with van der Waals surface area (Å²) in [6, 6.07) is 8.47. The molecule has 0 atom stereocenters. The maximum absolute atomic E-state index is 13.4. The van der Waals surface area contributed by atoms with Gasteiger partial charge in [0.15, 0.2) is 0 Å². The molecule has 1 saturated carbocycles. The molecular formula is C22H27FN4. The van der Waals surface area contributed by atoms with Crippen molar-refractivity contribution in [3.63, 3.8) is 0 Å². The maximum Gasteiger partial charge on any atom is 0.116 e. The van der Waals surface area contributed by atoms with Crippen LogP contribution in [0.1, 0.15) is 56.7 Å². The highest BCUT2D eigenvalue weighted by molar-refractivity contribution is 5.82. The monoisotopic (exact) mass is 366 g/mol. The van der Waals surface area contributed by atoms with Gasteiger partial charge in [-0.25, -0.2) is 14.4 Å². The van der Waals surface area contributed by atoms with Crippen molar-refractivity contribution in [2.75, 3.05) is 13.1 Å². The fourth-order valence-electron chi connectivity index (χ4n) is 4.80. The molecule has 1 aromatic carbocycles. The molecule has 4 rings (SSSR count). The van der Waals surface area contributed by atoms with Crippen LogP contribution in [0.4, 0.5) is 4.39 Å². The fraction of sp³-hybridized carbons (Fsp3) is 0.591. The number of likely N-dealkylation sites (tertiary alicyclic amines) is 1. The molecule has 1 aliphatic heterocycles. The number of piperidine rings is 1. The number of nitriles is 1. The normalized spacial score (nSPS) is 27.5.